The molecule has 1 saturated carbocycles. The molecule has 2 amide bonds. The zero-order valence-corrected chi connectivity index (χ0v) is 15.4. The highest BCUT2D eigenvalue weighted by molar-refractivity contribution is 8.18. The molecule has 11 heteroatoms. The van der Waals surface area contributed by atoms with E-state index in [9.17, 15) is 13.8 Å². The molecule has 1 aliphatic heterocycles. The highest BCUT2D eigenvalue weighted by Gasteiger charge is 2.25. The number of rotatable bonds is 6. The maximum absolute atomic E-state index is 11.6. The van der Waals surface area contributed by atoms with Crippen LogP contribution in [0, 0.1) is 0 Å². The van der Waals surface area contributed by atoms with E-state index in [0.717, 1.165) is 37.4 Å². The Hall–Kier alpha value is -1.82. The minimum absolute atomic E-state index is 0.0939. The quantitative estimate of drug-likeness (QED) is 0.414. The predicted octanol–water partition coefficient (Wildman–Crippen LogP) is 1.29. The summed E-state index contributed by atoms with van der Waals surface area (Å²) in [5, 5.41) is 8.19. The smallest absolute Gasteiger partial charge is 0.290 e. The van der Waals surface area contributed by atoms with E-state index < -0.39 is 17.0 Å². The molecule has 1 aromatic rings. The van der Waals surface area contributed by atoms with Gasteiger partial charge < -0.3 is 15.2 Å². The summed E-state index contributed by atoms with van der Waals surface area (Å²) in [7, 11) is 0. The molecule has 1 aromatic heterocycles. The lowest BCUT2D eigenvalue weighted by atomic mass is 9.91. The van der Waals surface area contributed by atoms with Crippen LogP contribution in [0.4, 0.5) is 10.7 Å². The lowest BCUT2D eigenvalue weighted by Gasteiger charge is -2.29. The second-order valence-electron chi connectivity index (χ2n) is 6.02. The van der Waals surface area contributed by atoms with Gasteiger partial charge in [0.25, 0.3) is 11.1 Å². The molecule has 0 aromatic carbocycles. The van der Waals surface area contributed by atoms with Crippen LogP contribution in [0.25, 0.3) is 6.08 Å². The highest BCUT2D eigenvalue weighted by atomic mass is 32.2. The second kappa shape index (κ2) is 8.71. The zero-order valence-electron chi connectivity index (χ0n) is 13.8. The van der Waals surface area contributed by atoms with Crippen molar-refractivity contribution in [3.63, 3.8) is 0 Å². The van der Waals surface area contributed by atoms with Crippen LogP contribution in [0.2, 0.25) is 0 Å². The SMILES string of the molecule is O=C1NC(=O)/C(=C/c2ccnc(NC3CCC(NCS(=O)O)CC3)n2)S1. The molecular formula is C15H19N5O4S2. The molecule has 26 heavy (non-hydrogen) atoms. The van der Waals surface area contributed by atoms with E-state index in [2.05, 4.69) is 25.9 Å². The van der Waals surface area contributed by atoms with Crippen molar-refractivity contribution in [3.05, 3.63) is 22.9 Å². The Bertz CT molecular complexity index is 749. The van der Waals surface area contributed by atoms with Crippen LogP contribution in [-0.4, -0.2) is 47.8 Å². The molecule has 0 bridgehead atoms. The molecule has 9 nitrogen and oxygen atoms in total. The number of carbonyl (C=O) groups excluding carboxylic acids is 2. The standard InChI is InChI=1S/C15H19N5O4S2/c21-13-12(25-15(22)20-13)7-11-5-6-16-14(19-11)18-10-3-1-9(2-4-10)17-8-26(23)24/h5-7,9-10,17H,1-4,8H2,(H,23,24)(H,16,18,19)(H,20,21,22)/b12-7-. The van der Waals surface area contributed by atoms with E-state index in [-0.39, 0.29) is 23.2 Å². The van der Waals surface area contributed by atoms with Crippen LogP contribution >= 0.6 is 11.8 Å². The summed E-state index contributed by atoms with van der Waals surface area (Å²) in [5.41, 5.74) is 0.552. The van der Waals surface area contributed by atoms with Crippen molar-refractivity contribution in [1.29, 1.82) is 0 Å². The van der Waals surface area contributed by atoms with E-state index in [1.807, 2.05) is 0 Å². The third-order valence-electron chi connectivity index (χ3n) is 4.15. The van der Waals surface area contributed by atoms with Gasteiger partial charge in [0.05, 0.1) is 16.5 Å². The molecule has 1 atom stereocenters. The van der Waals surface area contributed by atoms with Gasteiger partial charge in [0.15, 0.2) is 11.1 Å². The fourth-order valence-corrected chi connectivity index (χ4v) is 3.94. The average Bonchev–Trinajstić information content (AvgIpc) is 2.92. The Kier molecular flexibility index (Phi) is 6.35. The molecule has 0 spiro atoms. The topological polar surface area (TPSA) is 133 Å². The Morgan fingerprint density at radius 3 is 2.69 bits per heavy atom. The summed E-state index contributed by atoms with van der Waals surface area (Å²) in [6.45, 7) is 0. The van der Waals surface area contributed by atoms with Gasteiger partial charge in [0.2, 0.25) is 5.95 Å². The first-order valence-electron chi connectivity index (χ1n) is 8.15. The summed E-state index contributed by atoms with van der Waals surface area (Å²) >= 11 is -0.970. The fraction of sp³-hybridized carbons (Fsp3) is 0.467. The Morgan fingerprint density at radius 1 is 1.31 bits per heavy atom. The normalized spacial score (nSPS) is 26.0. The van der Waals surface area contributed by atoms with Gasteiger partial charge in [-0.05, 0) is 49.6 Å². The first-order chi connectivity index (χ1) is 12.5. The number of amides is 2. The third kappa shape index (κ3) is 5.34. The molecule has 2 heterocycles. The summed E-state index contributed by atoms with van der Waals surface area (Å²) in [5.74, 6) is 0.154. The molecule has 2 aliphatic rings. The predicted molar refractivity (Wildman–Crippen MR) is 99.6 cm³/mol. The van der Waals surface area contributed by atoms with Crippen molar-refractivity contribution in [2.24, 2.45) is 0 Å². The number of nitrogens with one attached hydrogen (secondary N) is 3. The molecule has 1 aliphatic carbocycles. The van der Waals surface area contributed by atoms with Crippen molar-refractivity contribution in [3.8, 4) is 0 Å². The molecular weight excluding hydrogens is 378 g/mol. The lowest BCUT2D eigenvalue weighted by molar-refractivity contribution is -0.115. The van der Waals surface area contributed by atoms with E-state index in [4.69, 9.17) is 4.55 Å². The number of thioether (sulfide) groups is 1. The second-order valence-corrected chi connectivity index (χ2v) is 7.97. The van der Waals surface area contributed by atoms with Gasteiger partial charge in [-0.3, -0.25) is 14.9 Å². The lowest BCUT2D eigenvalue weighted by Crippen LogP contribution is -2.38. The Balaban J connectivity index is 1.55. The number of carbonyl (C=O) groups is 2. The number of hydrogen-bond donors (Lipinski definition) is 4. The van der Waals surface area contributed by atoms with Crippen molar-refractivity contribution in [2.45, 2.75) is 37.8 Å². The van der Waals surface area contributed by atoms with Crippen molar-refractivity contribution < 1.29 is 18.4 Å². The van der Waals surface area contributed by atoms with Crippen LogP contribution in [0.15, 0.2) is 17.2 Å². The summed E-state index contributed by atoms with van der Waals surface area (Å²) < 4.78 is 19.5. The minimum atomic E-state index is -1.82. The molecule has 1 saturated heterocycles. The maximum atomic E-state index is 11.6. The summed E-state index contributed by atoms with van der Waals surface area (Å²) in [6.07, 6.45) is 6.77. The molecule has 3 rings (SSSR count). The van der Waals surface area contributed by atoms with E-state index >= 15 is 0 Å². The third-order valence-corrected chi connectivity index (χ3v) is 5.38. The van der Waals surface area contributed by atoms with Crippen LogP contribution in [-0.2, 0) is 15.9 Å². The van der Waals surface area contributed by atoms with E-state index in [1.54, 1.807) is 18.3 Å². The maximum Gasteiger partial charge on any atom is 0.290 e. The minimum Gasteiger partial charge on any atom is -0.351 e. The first-order valence-corrected chi connectivity index (χ1v) is 10.2. The molecule has 0 radical (unpaired) electrons. The van der Waals surface area contributed by atoms with Gasteiger partial charge in [-0.1, -0.05) is 0 Å². The van der Waals surface area contributed by atoms with Crippen LogP contribution < -0.4 is 16.0 Å². The number of anilines is 1. The van der Waals surface area contributed by atoms with E-state index in [1.165, 1.54) is 0 Å². The summed E-state index contributed by atoms with van der Waals surface area (Å²) in [6, 6.07) is 2.14. The Labute approximate surface area is 157 Å². The molecule has 4 N–H and O–H groups in total. The van der Waals surface area contributed by atoms with E-state index in [0.29, 0.717) is 16.5 Å². The van der Waals surface area contributed by atoms with Gasteiger partial charge in [0, 0.05) is 18.3 Å². The first kappa shape index (κ1) is 19.0. The van der Waals surface area contributed by atoms with Gasteiger partial charge in [0.1, 0.15) is 0 Å². The number of hydrogen-bond acceptors (Lipinski definition) is 8. The number of nitrogens with zero attached hydrogens (tertiary/aromatic N) is 2. The number of imide groups is 1. The number of aromatic nitrogens is 2. The van der Waals surface area contributed by atoms with Crippen LogP contribution in [0.5, 0.6) is 0 Å². The Morgan fingerprint density at radius 2 is 2.04 bits per heavy atom. The molecule has 1 unspecified atom stereocenters. The van der Waals surface area contributed by atoms with Gasteiger partial charge >= 0.3 is 0 Å². The largest absolute Gasteiger partial charge is 0.351 e. The van der Waals surface area contributed by atoms with Crippen molar-refractivity contribution in [2.75, 3.05) is 11.2 Å². The molecule has 140 valence electrons. The fourth-order valence-electron chi connectivity index (χ4n) is 2.89. The average molecular weight is 397 g/mol. The van der Waals surface area contributed by atoms with Crippen molar-refractivity contribution in [1.82, 2.24) is 20.6 Å². The van der Waals surface area contributed by atoms with Gasteiger partial charge in [-0.25, -0.2) is 14.2 Å². The van der Waals surface area contributed by atoms with Crippen molar-refractivity contribution >= 4 is 46.0 Å². The van der Waals surface area contributed by atoms with Crippen LogP contribution in [0.3, 0.4) is 0 Å². The highest BCUT2D eigenvalue weighted by Crippen LogP contribution is 2.25. The monoisotopic (exact) mass is 397 g/mol. The zero-order chi connectivity index (χ0) is 18.5. The van der Waals surface area contributed by atoms with Crippen LogP contribution in [0.1, 0.15) is 31.4 Å². The summed E-state index contributed by atoms with van der Waals surface area (Å²) in [4.78, 5) is 31.7. The van der Waals surface area contributed by atoms with Gasteiger partial charge in [-0.15, -0.1) is 0 Å². The van der Waals surface area contributed by atoms with Gasteiger partial charge in [-0.2, -0.15) is 0 Å². The molecule has 2 fully saturated rings.